The smallest absolute Gasteiger partial charge is 0.209 e. The lowest BCUT2D eigenvalue weighted by atomic mass is 9.73. The number of rotatable bonds is 1. The monoisotopic (exact) mass is 357 g/mol. The summed E-state index contributed by atoms with van der Waals surface area (Å²) < 4.78 is 2.19. The molecule has 0 bridgehead atoms. The Hall–Kier alpha value is -2.88. The van der Waals surface area contributed by atoms with Crippen molar-refractivity contribution in [1.29, 1.82) is 0 Å². The van der Waals surface area contributed by atoms with Gasteiger partial charge in [0.1, 0.15) is 0 Å². The summed E-state index contributed by atoms with van der Waals surface area (Å²) in [4.78, 5) is 18.0. The number of ketones is 1. The number of para-hydroxylation sites is 2. The zero-order chi connectivity index (χ0) is 18.8. The number of fused-ring (bicyclic) bond motifs is 3. The van der Waals surface area contributed by atoms with Crippen molar-refractivity contribution in [2.75, 3.05) is 5.32 Å². The van der Waals surface area contributed by atoms with Crippen molar-refractivity contribution in [2.24, 2.45) is 5.41 Å². The van der Waals surface area contributed by atoms with Crippen LogP contribution in [-0.4, -0.2) is 15.3 Å². The molecule has 27 heavy (non-hydrogen) atoms. The van der Waals surface area contributed by atoms with Gasteiger partial charge in [-0.25, -0.2) is 4.98 Å². The van der Waals surface area contributed by atoms with E-state index in [2.05, 4.69) is 61.0 Å². The molecule has 1 aromatic heterocycles. The molecule has 1 atom stereocenters. The van der Waals surface area contributed by atoms with Crippen LogP contribution in [0.1, 0.15) is 43.9 Å². The largest absolute Gasteiger partial charge is 0.329 e. The second kappa shape index (κ2) is 5.56. The van der Waals surface area contributed by atoms with Crippen molar-refractivity contribution in [1.82, 2.24) is 9.55 Å². The van der Waals surface area contributed by atoms with E-state index >= 15 is 0 Å². The minimum Gasteiger partial charge on any atom is -0.329 e. The number of benzene rings is 2. The molecule has 0 amide bonds. The standard InChI is InChI=1S/C23H23N3O/c1-14-8-10-15(11-9-14)21-20-17(12-23(2,3)13-19(20)27)25-22-24-16-6-4-5-7-18(16)26(21)22/h4-11,21H,12-13H2,1-3H3,(H,24,25)/t21-/m0/s1. The van der Waals surface area contributed by atoms with Crippen LogP contribution in [0.25, 0.3) is 11.0 Å². The Morgan fingerprint density at radius 1 is 1.07 bits per heavy atom. The van der Waals surface area contributed by atoms with Gasteiger partial charge in [0, 0.05) is 17.7 Å². The molecule has 0 saturated heterocycles. The van der Waals surface area contributed by atoms with Crippen LogP contribution < -0.4 is 5.32 Å². The van der Waals surface area contributed by atoms with Gasteiger partial charge in [-0.15, -0.1) is 0 Å². The van der Waals surface area contributed by atoms with E-state index in [0.717, 1.165) is 40.2 Å². The lowest BCUT2D eigenvalue weighted by Gasteiger charge is -2.39. The number of nitrogens with one attached hydrogen (secondary N) is 1. The molecule has 0 fully saturated rings. The van der Waals surface area contributed by atoms with E-state index in [-0.39, 0.29) is 17.2 Å². The molecule has 136 valence electrons. The summed E-state index contributed by atoms with van der Waals surface area (Å²) in [5, 5.41) is 3.50. The molecule has 0 unspecified atom stereocenters. The average molecular weight is 357 g/mol. The summed E-state index contributed by atoms with van der Waals surface area (Å²) in [5.41, 5.74) is 6.24. The van der Waals surface area contributed by atoms with Crippen molar-refractivity contribution in [3.05, 3.63) is 70.9 Å². The Kier molecular flexibility index (Phi) is 3.36. The first-order valence-electron chi connectivity index (χ1n) is 9.50. The van der Waals surface area contributed by atoms with Crippen LogP contribution in [0.3, 0.4) is 0 Å². The van der Waals surface area contributed by atoms with E-state index < -0.39 is 0 Å². The van der Waals surface area contributed by atoms with E-state index in [1.165, 1.54) is 5.56 Å². The van der Waals surface area contributed by atoms with E-state index in [0.29, 0.717) is 6.42 Å². The maximum atomic E-state index is 13.2. The van der Waals surface area contributed by atoms with Gasteiger partial charge in [-0.1, -0.05) is 55.8 Å². The molecular weight excluding hydrogens is 334 g/mol. The van der Waals surface area contributed by atoms with Gasteiger partial charge in [0.2, 0.25) is 5.95 Å². The van der Waals surface area contributed by atoms with Gasteiger partial charge in [0.25, 0.3) is 0 Å². The summed E-state index contributed by atoms with van der Waals surface area (Å²) in [6.45, 7) is 6.41. The molecule has 4 nitrogen and oxygen atoms in total. The van der Waals surface area contributed by atoms with Crippen LogP contribution in [0.4, 0.5) is 5.95 Å². The molecule has 3 aromatic rings. The average Bonchev–Trinajstić information content (AvgIpc) is 2.97. The highest BCUT2D eigenvalue weighted by molar-refractivity contribution is 6.00. The van der Waals surface area contributed by atoms with Gasteiger partial charge >= 0.3 is 0 Å². The molecule has 2 aromatic carbocycles. The number of aryl methyl sites for hydroxylation is 1. The Morgan fingerprint density at radius 3 is 2.59 bits per heavy atom. The SMILES string of the molecule is Cc1ccc([C@H]2C3=C(CC(C)(C)CC3=O)Nc3nc4ccccc4n32)cc1. The Labute approximate surface area is 158 Å². The minimum atomic E-state index is -0.132. The number of aromatic nitrogens is 2. The maximum Gasteiger partial charge on any atom is 0.209 e. The maximum absolute atomic E-state index is 13.2. The summed E-state index contributed by atoms with van der Waals surface area (Å²) in [6.07, 6.45) is 1.44. The number of imidazole rings is 1. The quantitative estimate of drug-likeness (QED) is 0.666. The second-order valence-electron chi connectivity index (χ2n) is 8.57. The van der Waals surface area contributed by atoms with Gasteiger partial charge in [-0.3, -0.25) is 9.36 Å². The molecule has 0 saturated carbocycles. The number of hydrogen-bond donors (Lipinski definition) is 1. The lowest BCUT2D eigenvalue weighted by Crippen LogP contribution is -2.36. The summed E-state index contributed by atoms with van der Waals surface area (Å²) in [6, 6.07) is 16.5. The van der Waals surface area contributed by atoms with Crippen molar-refractivity contribution in [3.63, 3.8) is 0 Å². The number of Topliss-reactive ketones (excluding diaryl/α,β-unsaturated/α-hetero) is 1. The number of allylic oxidation sites excluding steroid dienone is 2. The van der Waals surface area contributed by atoms with Crippen molar-refractivity contribution in [2.45, 2.75) is 39.7 Å². The molecule has 2 heterocycles. The van der Waals surface area contributed by atoms with Gasteiger partial charge in [0.05, 0.1) is 17.1 Å². The lowest BCUT2D eigenvalue weighted by molar-refractivity contribution is -0.118. The highest BCUT2D eigenvalue weighted by Crippen LogP contribution is 2.46. The number of anilines is 1. The van der Waals surface area contributed by atoms with Crippen LogP contribution in [0.2, 0.25) is 0 Å². The van der Waals surface area contributed by atoms with Gasteiger partial charge in [-0.05, 0) is 36.5 Å². The van der Waals surface area contributed by atoms with Crippen molar-refractivity contribution >= 4 is 22.8 Å². The number of carbonyl (C=O) groups is 1. The molecule has 1 aliphatic carbocycles. The molecule has 5 rings (SSSR count). The van der Waals surface area contributed by atoms with Crippen LogP contribution in [-0.2, 0) is 4.79 Å². The fraction of sp³-hybridized carbons (Fsp3) is 0.304. The van der Waals surface area contributed by atoms with Gasteiger partial charge in [0.15, 0.2) is 5.78 Å². The fourth-order valence-electron chi connectivity index (χ4n) is 4.49. The topological polar surface area (TPSA) is 46.9 Å². The summed E-state index contributed by atoms with van der Waals surface area (Å²) in [5.74, 6) is 1.06. The molecule has 1 aliphatic heterocycles. The van der Waals surface area contributed by atoms with Gasteiger partial charge in [-0.2, -0.15) is 0 Å². The first-order valence-corrected chi connectivity index (χ1v) is 9.50. The third-order valence-corrected chi connectivity index (χ3v) is 5.70. The van der Waals surface area contributed by atoms with E-state index in [9.17, 15) is 4.79 Å². The molecule has 0 spiro atoms. The Balaban J connectivity index is 1.79. The predicted molar refractivity (Wildman–Crippen MR) is 108 cm³/mol. The molecule has 2 aliphatic rings. The van der Waals surface area contributed by atoms with Crippen LogP contribution >= 0.6 is 0 Å². The van der Waals surface area contributed by atoms with Crippen molar-refractivity contribution in [3.8, 4) is 0 Å². The third-order valence-electron chi connectivity index (χ3n) is 5.70. The zero-order valence-electron chi connectivity index (χ0n) is 15.9. The fourth-order valence-corrected chi connectivity index (χ4v) is 4.49. The van der Waals surface area contributed by atoms with Crippen LogP contribution in [0.5, 0.6) is 0 Å². The van der Waals surface area contributed by atoms with E-state index in [1.54, 1.807) is 0 Å². The number of carbonyl (C=O) groups excluding carboxylic acids is 1. The second-order valence-corrected chi connectivity index (χ2v) is 8.57. The molecule has 1 N–H and O–H groups in total. The zero-order valence-corrected chi connectivity index (χ0v) is 15.9. The highest BCUT2D eigenvalue weighted by Gasteiger charge is 2.41. The first-order chi connectivity index (χ1) is 12.9. The number of nitrogens with zero attached hydrogens (tertiary/aromatic N) is 2. The van der Waals surface area contributed by atoms with E-state index in [1.807, 2.05) is 18.2 Å². The van der Waals surface area contributed by atoms with Crippen molar-refractivity contribution < 1.29 is 4.79 Å². The van der Waals surface area contributed by atoms with E-state index in [4.69, 9.17) is 4.98 Å². The minimum absolute atomic E-state index is 0.0328. The number of hydrogen-bond acceptors (Lipinski definition) is 3. The predicted octanol–water partition coefficient (Wildman–Crippen LogP) is 5.00. The normalized spacial score (nSPS) is 21.0. The molecule has 4 heteroatoms. The molecule has 0 radical (unpaired) electrons. The third kappa shape index (κ3) is 2.51. The molecular formula is C23H23N3O. The van der Waals surface area contributed by atoms with Crippen LogP contribution in [0, 0.1) is 12.3 Å². The summed E-state index contributed by atoms with van der Waals surface area (Å²) >= 11 is 0. The Morgan fingerprint density at radius 2 is 1.81 bits per heavy atom. The first kappa shape index (κ1) is 16.3. The summed E-state index contributed by atoms with van der Waals surface area (Å²) in [7, 11) is 0. The highest BCUT2D eigenvalue weighted by atomic mass is 16.1. The van der Waals surface area contributed by atoms with Gasteiger partial charge < -0.3 is 5.32 Å². The Bertz CT molecular complexity index is 1100. The van der Waals surface area contributed by atoms with Crippen LogP contribution in [0.15, 0.2) is 59.8 Å².